The molecule has 1 aliphatic heterocycles. The maximum atomic E-state index is 14.0. The van der Waals surface area contributed by atoms with Gasteiger partial charge >= 0.3 is 12.4 Å². The van der Waals surface area contributed by atoms with Gasteiger partial charge in [0.2, 0.25) is 5.41 Å². The van der Waals surface area contributed by atoms with E-state index in [-0.39, 0.29) is 11.4 Å². The highest BCUT2D eigenvalue weighted by molar-refractivity contribution is 5.76. The van der Waals surface area contributed by atoms with Gasteiger partial charge in [-0.1, -0.05) is 0 Å². The fourth-order valence-electron chi connectivity index (χ4n) is 3.01. The Morgan fingerprint density at radius 3 is 1.23 bits per heavy atom. The monoisotopic (exact) mass is 378 g/mol. The van der Waals surface area contributed by atoms with E-state index in [4.69, 9.17) is 27.7 Å². The molecule has 5 nitrogen and oxygen atoms in total. The third kappa shape index (κ3) is 2.12. The van der Waals surface area contributed by atoms with Crippen molar-refractivity contribution in [3.63, 3.8) is 0 Å². The van der Waals surface area contributed by atoms with E-state index in [1.165, 1.54) is 0 Å². The van der Waals surface area contributed by atoms with Crippen LogP contribution in [0.25, 0.3) is 0 Å². The Balaban J connectivity index is 2.54. The molecule has 0 spiro atoms. The fourth-order valence-corrected chi connectivity index (χ4v) is 3.01. The fraction of sp³-hybridized carbons (Fsp3) is 0.200. The number of nitrogen functional groups attached to an aromatic ring is 4. The van der Waals surface area contributed by atoms with Crippen LogP contribution in [0.4, 0.5) is 49.1 Å². The molecular weight excluding hydrogens is 366 g/mol. The molecule has 0 aliphatic carbocycles. The molecule has 1 aliphatic rings. The van der Waals surface area contributed by atoms with Crippen LogP contribution in [-0.2, 0) is 5.41 Å². The Hall–Kier alpha value is -2.98. The van der Waals surface area contributed by atoms with E-state index in [0.29, 0.717) is 12.1 Å². The van der Waals surface area contributed by atoms with Crippen LogP contribution >= 0.6 is 0 Å². The second kappa shape index (κ2) is 5.02. The van der Waals surface area contributed by atoms with Crippen LogP contribution in [0.2, 0.25) is 0 Å². The molecule has 11 heteroatoms. The van der Waals surface area contributed by atoms with Crippen molar-refractivity contribution in [2.75, 3.05) is 22.9 Å². The Morgan fingerprint density at radius 1 is 0.615 bits per heavy atom. The highest BCUT2D eigenvalue weighted by Gasteiger charge is 2.75. The smallest absolute Gasteiger partial charge is 0.411 e. The number of hydrogen-bond donors (Lipinski definition) is 4. The van der Waals surface area contributed by atoms with Crippen LogP contribution in [0.5, 0.6) is 11.5 Å². The first kappa shape index (κ1) is 17.8. The summed E-state index contributed by atoms with van der Waals surface area (Å²) in [5.41, 5.74) is 13.8. The molecule has 0 atom stereocenters. The van der Waals surface area contributed by atoms with Gasteiger partial charge in [-0.05, 0) is 12.1 Å². The number of fused-ring (bicyclic) bond motifs is 2. The topological polar surface area (TPSA) is 113 Å². The molecule has 2 aromatic carbocycles. The lowest BCUT2D eigenvalue weighted by Crippen LogP contribution is -2.56. The molecule has 1 heterocycles. The van der Waals surface area contributed by atoms with E-state index in [0.717, 1.165) is 12.1 Å². The number of anilines is 4. The van der Waals surface area contributed by atoms with Crippen LogP contribution in [0.3, 0.4) is 0 Å². The second-order valence-electron chi connectivity index (χ2n) is 5.80. The van der Waals surface area contributed by atoms with E-state index in [1.54, 1.807) is 0 Å². The Kier molecular flexibility index (Phi) is 3.44. The first-order chi connectivity index (χ1) is 11.8. The third-order valence-corrected chi connectivity index (χ3v) is 4.25. The van der Waals surface area contributed by atoms with Gasteiger partial charge in [-0.15, -0.1) is 0 Å². The molecule has 0 saturated carbocycles. The summed E-state index contributed by atoms with van der Waals surface area (Å²) in [5, 5.41) is 0. The lowest BCUT2D eigenvalue weighted by molar-refractivity contribution is -0.290. The first-order valence-electron chi connectivity index (χ1n) is 7.01. The number of ether oxygens (including phenoxy) is 1. The molecule has 0 fully saturated rings. The maximum absolute atomic E-state index is 14.0. The average molecular weight is 378 g/mol. The quantitative estimate of drug-likeness (QED) is 0.414. The maximum Gasteiger partial charge on any atom is 0.411 e. The zero-order valence-corrected chi connectivity index (χ0v) is 12.8. The van der Waals surface area contributed by atoms with Gasteiger partial charge in [0.05, 0.1) is 22.7 Å². The zero-order chi connectivity index (χ0) is 19.7. The van der Waals surface area contributed by atoms with Gasteiger partial charge in [0.1, 0.15) is 11.5 Å². The van der Waals surface area contributed by atoms with E-state index in [9.17, 15) is 26.3 Å². The molecule has 2 aromatic rings. The molecule has 8 N–H and O–H groups in total. The summed E-state index contributed by atoms with van der Waals surface area (Å²) in [6.07, 6.45) is -11.6. The van der Waals surface area contributed by atoms with Gasteiger partial charge in [0, 0.05) is 23.3 Å². The molecule has 3 rings (SSSR count). The number of rotatable bonds is 0. The van der Waals surface area contributed by atoms with Crippen molar-refractivity contribution in [1.82, 2.24) is 0 Å². The summed E-state index contributed by atoms with van der Waals surface area (Å²) < 4.78 is 89.2. The molecule has 0 radical (unpaired) electrons. The molecule has 0 bridgehead atoms. The highest BCUT2D eigenvalue weighted by Crippen LogP contribution is 2.63. The van der Waals surface area contributed by atoms with E-state index < -0.39 is 51.8 Å². The molecule has 140 valence electrons. The predicted molar refractivity (Wildman–Crippen MR) is 83.5 cm³/mol. The van der Waals surface area contributed by atoms with Crippen LogP contribution < -0.4 is 27.7 Å². The van der Waals surface area contributed by atoms with Gasteiger partial charge in [0.15, 0.2) is 0 Å². The Labute approximate surface area is 142 Å². The summed E-state index contributed by atoms with van der Waals surface area (Å²) >= 11 is 0. The second-order valence-corrected chi connectivity index (χ2v) is 5.80. The summed E-state index contributed by atoms with van der Waals surface area (Å²) in [5.74, 6) is -1.44. The van der Waals surface area contributed by atoms with Crippen LogP contribution in [-0.4, -0.2) is 12.4 Å². The van der Waals surface area contributed by atoms with Crippen molar-refractivity contribution in [3.05, 3.63) is 35.4 Å². The predicted octanol–water partition coefficient (Wildman–Crippen LogP) is 3.53. The normalized spacial score (nSPS) is 15.8. The van der Waals surface area contributed by atoms with E-state index in [2.05, 4.69) is 0 Å². The van der Waals surface area contributed by atoms with Gasteiger partial charge < -0.3 is 27.7 Å². The van der Waals surface area contributed by atoms with Gasteiger partial charge in [-0.3, -0.25) is 0 Å². The lowest BCUT2D eigenvalue weighted by atomic mass is 9.70. The SMILES string of the molecule is Nc1cc2c(cc1N)C(C(F)(F)F)(C(F)(F)F)c1cc(N)c(N)cc1O2. The number of benzene rings is 2. The van der Waals surface area contributed by atoms with Crippen LogP contribution in [0.15, 0.2) is 24.3 Å². The summed E-state index contributed by atoms with van der Waals surface area (Å²) in [7, 11) is 0. The Bertz CT molecular complexity index is 833. The van der Waals surface area contributed by atoms with Crippen molar-refractivity contribution in [1.29, 1.82) is 0 Å². The lowest BCUT2D eigenvalue weighted by Gasteiger charge is -2.42. The van der Waals surface area contributed by atoms with Crippen LogP contribution in [0, 0.1) is 0 Å². The minimum absolute atomic E-state index is 0.228. The van der Waals surface area contributed by atoms with Crippen molar-refractivity contribution in [3.8, 4) is 11.5 Å². The number of nitrogens with two attached hydrogens (primary N) is 4. The van der Waals surface area contributed by atoms with Crippen molar-refractivity contribution >= 4 is 22.7 Å². The molecular formula is C15H12F6N4O. The van der Waals surface area contributed by atoms with Gasteiger partial charge in [0.25, 0.3) is 0 Å². The minimum atomic E-state index is -5.79. The van der Waals surface area contributed by atoms with E-state index in [1.807, 2.05) is 0 Å². The summed E-state index contributed by atoms with van der Waals surface area (Å²) in [6.45, 7) is 0. The number of halogens is 6. The van der Waals surface area contributed by atoms with Crippen LogP contribution in [0.1, 0.15) is 11.1 Å². The largest absolute Gasteiger partial charge is 0.457 e. The van der Waals surface area contributed by atoms with Gasteiger partial charge in [-0.25, -0.2) is 0 Å². The Morgan fingerprint density at radius 2 is 0.923 bits per heavy atom. The molecule has 0 aromatic heterocycles. The minimum Gasteiger partial charge on any atom is -0.457 e. The summed E-state index contributed by atoms with van der Waals surface area (Å²) in [4.78, 5) is 0. The van der Waals surface area contributed by atoms with Crippen molar-refractivity contribution in [2.24, 2.45) is 0 Å². The molecule has 0 amide bonds. The first-order valence-corrected chi connectivity index (χ1v) is 7.01. The molecule has 0 unspecified atom stereocenters. The third-order valence-electron chi connectivity index (χ3n) is 4.25. The highest BCUT2D eigenvalue weighted by atomic mass is 19.4. The zero-order valence-electron chi connectivity index (χ0n) is 12.8. The number of alkyl halides is 6. The summed E-state index contributed by atoms with van der Waals surface area (Å²) in [6, 6.07) is 2.65. The molecule has 26 heavy (non-hydrogen) atoms. The van der Waals surface area contributed by atoms with Crippen molar-refractivity contribution < 1.29 is 31.1 Å². The van der Waals surface area contributed by atoms with Gasteiger partial charge in [-0.2, -0.15) is 26.3 Å². The molecule has 0 saturated heterocycles. The van der Waals surface area contributed by atoms with E-state index >= 15 is 0 Å². The average Bonchev–Trinajstić information content (AvgIpc) is 2.46. The van der Waals surface area contributed by atoms with Crippen molar-refractivity contribution in [2.45, 2.75) is 17.8 Å². The standard InChI is InChI=1S/C15H12F6N4O/c16-14(17,18)13(15(19,20)21)5-1-7(22)9(24)3-11(5)26-12-4-10(25)8(23)2-6(12)13/h1-4H,22-25H2. The number of hydrogen-bond acceptors (Lipinski definition) is 5.